The summed E-state index contributed by atoms with van der Waals surface area (Å²) in [5.74, 6) is 0.869. The Morgan fingerprint density at radius 1 is 1.07 bits per heavy atom. The highest BCUT2D eigenvalue weighted by Crippen LogP contribution is 2.17. The van der Waals surface area contributed by atoms with Gasteiger partial charge in [0.15, 0.2) is 5.76 Å². The minimum atomic E-state index is -1.34. The van der Waals surface area contributed by atoms with Gasteiger partial charge in [-0.1, -0.05) is 25.7 Å². The van der Waals surface area contributed by atoms with Crippen LogP contribution in [0.25, 0.3) is 11.5 Å². The lowest BCUT2D eigenvalue weighted by molar-refractivity contribution is 0.610. The van der Waals surface area contributed by atoms with Crippen LogP contribution in [0.2, 0.25) is 19.6 Å². The molecule has 0 atom stereocenters. The largest absolute Gasteiger partial charge is 0.465 e. The second-order valence-electron chi connectivity index (χ2n) is 4.63. The van der Waals surface area contributed by atoms with Crippen LogP contribution in [0.1, 0.15) is 0 Å². The number of nitrogens with zero attached hydrogens (tertiary/aromatic N) is 1. The van der Waals surface area contributed by atoms with Gasteiger partial charge >= 0.3 is 0 Å². The molecule has 0 bridgehead atoms. The summed E-state index contributed by atoms with van der Waals surface area (Å²) in [5.41, 5.74) is 0.905. The number of aromatic nitrogens is 1. The zero-order chi connectivity index (χ0) is 10.9. The molecule has 2 nitrogen and oxygen atoms in total. The van der Waals surface area contributed by atoms with Crippen LogP contribution in [0.5, 0.6) is 0 Å². The Kier molecular flexibility index (Phi) is 2.48. The lowest BCUT2D eigenvalue weighted by Gasteiger charge is -2.11. The number of hydrogen-bond donors (Lipinski definition) is 0. The number of hydrogen-bond acceptors (Lipinski definition) is 2. The molecule has 2 rings (SSSR count). The van der Waals surface area contributed by atoms with E-state index >= 15 is 0 Å². The van der Waals surface area contributed by atoms with Gasteiger partial charge in [-0.25, -0.2) is 0 Å². The predicted molar refractivity (Wildman–Crippen MR) is 64.9 cm³/mol. The molecule has 0 saturated heterocycles. The van der Waals surface area contributed by atoms with Crippen molar-refractivity contribution in [2.24, 2.45) is 0 Å². The maximum Gasteiger partial charge on any atom is 0.151 e. The summed E-state index contributed by atoms with van der Waals surface area (Å²) < 4.78 is 5.83. The number of rotatable bonds is 2. The van der Waals surface area contributed by atoms with Gasteiger partial charge in [0.05, 0.1) is 5.38 Å². The minimum absolute atomic E-state index is 0.869. The minimum Gasteiger partial charge on any atom is -0.465 e. The summed E-state index contributed by atoms with van der Waals surface area (Å²) in [5, 5.41) is 1.13. The summed E-state index contributed by atoms with van der Waals surface area (Å²) >= 11 is 0. The maximum absolute atomic E-state index is 5.83. The zero-order valence-corrected chi connectivity index (χ0v) is 10.3. The van der Waals surface area contributed by atoms with Crippen molar-refractivity contribution in [3.8, 4) is 11.5 Å². The average Bonchev–Trinajstić information content (AvgIpc) is 2.67. The number of pyridine rings is 1. The van der Waals surface area contributed by atoms with Crippen molar-refractivity contribution >= 4 is 13.5 Å². The molecule has 0 radical (unpaired) electrons. The van der Waals surface area contributed by atoms with Crippen molar-refractivity contribution in [2.75, 3.05) is 0 Å². The van der Waals surface area contributed by atoms with E-state index in [0.29, 0.717) is 0 Å². The van der Waals surface area contributed by atoms with Crippen LogP contribution in [0.4, 0.5) is 0 Å². The van der Waals surface area contributed by atoms with Crippen LogP contribution in [0, 0.1) is 0 Å². The van der Waals surface area contributed by atoms with E-state index < -0.39 is 8.07 Å². The summed E-state index contributed by atoms with van der Waals surface area (Å²) in [4.78, 5) is 4.27. The summed E-state index contributed by atoms with van der Waals surface area (Å²) in [7, 11) is -1.34. The quantitative estimate of drug-likeness (QED) is 0.723. The van der Waals surface area contributed by atoms with E-state index in [4.69, 9.17) is 4.42 Å². The summed E-state index contributed by atoms with van der Waals surface area (Å²) in [6.45, 7) is 6.82. The van der Waals surface area contributed by atoms with E-state index in [2.05, 4.69) is 30.7 Å². The summed E-state index contributed by atoms with van der Waals surface area (Å²) in [6.07, 6.45) is 1.78. The van der Waals surface area contributed by atoms with Crippen molar-refractivity contribution in [3.63, 3.8) is 0 Å². The maximum atomic E-state index is 5.83. The third-order valence-corrected chi connectivity index (χ3v) is 4.01. The average molecular weight is 217 g/mol. The first-order valence-corrected chi connectivity index (χ1v) is 8.59. The fraction of sp³-hybridized carbons (Fsp3) is 0.250. The molecule has 2 aromatic heterocycles. The Bertz CT molecular complexity index is 442. The molecule has 15 heavy (non-hydrogen) atoms. The molecule has 0 aliphatic carbocycles. The van der Waals surface area contributed by atoms with Gasteiger partial charge in [0.1, 0.15) is 13.8 Å². The van der Waals surface area contributed by atoms with Gasteiger partial charge in [-0.2, -0.15) is 0 Å². The second-order valence-corrected chi connectivity index (χ2v) is 9.62. The SMILES string of the molecule is C[Si](C)(C)c1ccc(-c2ccccn2)o1. The Balaban J connectivity index is 2.37. The monoisotopic (exact) mass is 217 g/mol. The lowest BCUT2D eigenvalue weighted by Crippen LogP contribution is -2.36. The molecular formula is C12H15NOSi. The van der Waals surface area contributed by atoms with Crippen LogP contribution in [-0.2, 0) is 0 Å². The third kappa shape index (κ3) is 2.18. The Hall–Kier alpha value is -1.35. The molecular weight excluding hydrogens is 202 g/mol. The fourth-order valence-electron chi connectivity index (χ4n) is 1.39. The molecule has 2 aromatic rings. The molecule has 0 N–H and O–H groups in total. The van der Waals surface area contributed by atoms with Crippen molar-refractivity contribution in [1.29, 1.82) is 0 Å². The normalized spacial score (nSPS) is 11.7. The van der Waals surface area contributed by atoms with Crippen molar-refractivity contribution in [3.05, 3.63) is 36.5 Å². The van der Waals surface area contributed by atoms with Crippen LogP contribution < -0.4 is 5.38 Å². The van der Waals surface area contributed by atoms with Crippen molar-refractivity contribution in [1.82, 2.24) is 4.98 Å². The van der Waals surface area contributed by atoms with Crippen LogP contribution in [0.15, 0.2) is 40.9 Å². The van der Waals surface area contributed by atoms with Crippen LogP contribution in [0.3, 0.4) is 0 Å². The molecule has 0 aliphatic heterocycles. The molecule has 0 fully saturated rings. The summed E-state index contributed by atoms with van der Waals surface area (Å²) in [6, 6.07) is 9.93. The molecule has 0 aliphatic rings. The van der Waals surface area contributed by atoms with E-state index in [9.17, 15) is 0 Å². The first-order chi connectivity index (χ1) is 7.07. The Labute approximate surface area is 91.0 Å². The third-order valence-electron chi connectivity index (χ3n) is 2.26. The van der Waals surface area contributed by atoms with Gasteiger partial charge in [-0.15, -0.1) is 0 Å². The van der Waals surface area contributed by atoms with E-state index in [1.54, 1.807) is 6.20 Å². The standard InChI is InChI=1S/C12H15NOSi/c1-15(2,3)12-8-7-11(14-12)10-6-4-5-9-13-10/h4-9H,1-3H3. The van der Waals surface area contributed by atoms with E-state index in [1.807, 2.05) is 24.3 Å². The van der Waals surface area contributed by atoms with Gasteiger partial charge in [0.25, 0.3) is 0 Å². The molecule has 78 valence electrons. The van der Waals surface area contributed by atoms with E-state index in [1.165, 1.54) is 0 Å². The van der Waals surface area contributed by atoms with Crippen molar-refractivity contribution < 1.29 is 4.42 Å². The molecule has 0 aromatic carbocycles. The highest BCUT2D eigenvalue weighted by Gasteiger charge is 2.21. The molecule has 2 heterocycles. The fourth-order valence-corrected chi connectivity index (χ4v) is 2.39. The van der Waals surface area contributed by atoms with Crippen LogP contribution >= 0.6 is 0 Å². The van der Waals surface area contributed by atoms with Gasteiger partial charge in [0, 0.05) is 6.20 Å². The lowest BCUT2D eigenvalue weighted by atomic mass is 10.3. The van der Waals surface area contributed by atoms with E-state index in [0.717, 1.165) is 16.8 Å². The molecule has 0 spiro atoms. The number of furan rings is 1. The van der Waals surface area contributed by atoms with Gasteiger partial charge in [-0.3, -0.25) is 4.98 Å². The zero-order valence-electron chi connectivity index (χ0n) is 9.32. The molecule has 0 amide bonds. The topological polar surface area (TPSA) is 26.0 Å². The predicted octanol–water partition coefficient (Wildman–Crippen LogP) is 2.89. The first kappa shape index (κ1) is 10.2. The van der Waals surface area contributed by atoms with Crippen molar-refractivity contribution in [2.45, 2.75) is 19.6 Å². The highest BCUT2D eigenvalue weighted by molar-refractivity contribution is 6.87. The smallest absolute Gasteiger partial charge is 0.151 e. The Morgan fingerprint density at radius 3 is 2.40 bits per heavy atom. The van der Waals surface area contributed by atoms with Crippen LogP contribution in [-0.4, -0.2) is 13.1 Å². The molecule has 3 heteroatoms. The molecule has 0 unspecified atom stereocenters. The Morgan fingerprint density at radius 2 is 1.87 bits per heavy atom. The highest BCUT2D eigenvalue weighted by atomic mass is 28.3. The molecule has 0 saturated carbocycles. The van der Waals surface area contributed by atoms with Gasteiger partial charge in [0.2, 0.25) is 0 Å². The second kappa shape index (κ2) is 3.66. The van der Waals surface area contributed by atoms with Gasteiger partial charge in [-0.05, 0) is 24.3 Å². The first-order valence-electron chi connectivity index (χ1n) is 5.09. The van der Waals surface area contributed by atoms with Gasteiger partial charge < -0.3 is 4.42 Å². The van der Waals surface area contributed by atoms with E-state index in [-0.39, 0.29) is 0 Å².